The van der Waals surface area contributed by atoms with Gasteiger partial charge in [-0.15, -0.1) is 0 Å². The van der Waals surface area contributed by atoms with E-state index in [0.717, 1.165) is 19.3 Å². The van der Waals surface area contributed by atoms with Crippen LogP contribution < -0.4 is 0 Å². The van der Waals surface area contributed by atoms with Crippen molar-refractivity contribution >= 4 is 0 Å². The Bertz CT molecular complexity index is 131. The van der Waals surface area contributed by atoms with Crippen LogP contribution in [-0.4, -0.2) is 11.2 Å². The van der Waals surface area contributed by atoms with Crippen LogP contribution in [0.25, 0.3) is 0 Å². The van der Waals surface area contributed by atoms with E-state index in [9.17, 15) is 5.11 Å². The molecular formula is C10H19O. The first-order valence-corrected chi connectivity index (χ1v) is 4.34. The average Bonchev–Trinajstić information content (AvgIpc) is 1.49. The van der Waals surface area contributed by atoms with E-state index in [2.05, 4.69) is 27.7 Å². The molecule has 0 aromatic carbocycles. The van der Waals surface area contributed by atoms with Crippen LogP contribution in [0.15, 0.2) is 0 Å². The number of hydrogen-bond donors (Lipinski definition) is 1. The fourth-order valence-corrected chi connectivity index (χ4v) is 2.58. The lowest BCUT2D eigenvalue weighted by Gasteiger charge is -2.43. The lowest BCUT2D eigenvalue weighted by atomic mass is 9.64. The summed E-state index contributed by atoms with van der Waals surface area (Å²) in [6, 6.07) is 0. The van der Waals surface area contributed by atoms with Crippen molar-refractivity contribution in [3.05, 3.63) is 6.92 Å². The summed E-state index contributed by atoms with van der Waals surface area (Å²) in [5, 5.41) is 9.54. The largest absolute Gasteiger partial charge is 0.393 e. The predicted octanol–water partition coefficient (Wildman–Crippen LogP) is 2.40. The highest BCUT2D eigenvalue weighted by Gasteiger charge is 2.37. The first kappa shape index (κ1) is 9.05. The molecule has 0 amide bonds. The standard InChI is InChI=1S/C10H19O/c1-9(2)5-8(11)6-10(3,4)7-9/h8,11H,1,5-7H2,2-4H3. The van der Waals surface area contributed by atoms with Gasteiger partial charge in [-0.05, 0) is 37.0 Å². The maximum absolute atomic E-state index is 9.54. The average molecular weight is 155 g/mol. The van der Waals surface area contributed by atoms with Gasteiger partial charge in [0.25, 0.3) is 0 Å². The molecule has 2 unspecified atom stereocenters. The van der Waals surface area contributed by atoms with E-state index in [1.807, 2.05) is 0 Å². The summed E-state index contributed by atoms with van der Waals surface area (Å²) in [6.45, 7) is 10.7. The highest BCUT2D eigenvalue weighted by atomic mass is 16.3. The molecule has 0 aromatic rings. The Morgan fingerprint density at radius 2 is 1.82 bits per heavy atom. The van der Waals surface area contributed by atoms with Gasteiger partial charge in [-0.2, -0.15) is 0 Å². The van der Waals surface area contributed by atoms with Gasteiger partial charge in [0.15, 0.2) is 0 Å². The highest BCUT2D eigenvalue weighted by molar-refractivity contribution is 4.92. The van der Waals surface area contributed by atoms with Gasteiger partial charge in [0.2, 0.25) is 0 Å². The van der Waals surface area contributed by atoms with E-state index < -0.39 is 0 Å². The van der Waals surface area contributed by atoms with E-state index in [1.54, 1.807) is 0 Å². The van der Waals surface area contributed by atoms with Gasteiger partial charge < -0.3 is 5.11 Å². The maximum Gasteiger partial charge on any atom is 0.0550 e. The van der Waals surface area contributed by atoms with Crippen LogP contribution in [0.3, 0.4) is 0 Å². The summed E-state index contributed by atoms with van der Waals surface area (Å²) < 4.78 is 0. The van der Waals surface area contributed by atoms with E-state index in [4.69, 9.17) is 0 Å². The molecule has 0 heterocycles. The fourth-order valence-electron chi connectivity index (χ4n) is 2.58. The van der Waals surface area contributed by atoms with Gasteiger partial charge in [0.05, 0.1) is 6.10 Å². The van der Waals surface area contributed by atoms with Gasteiger partial charge in [0.1, 0.15) is 0 Å². The SMILES string of the molecule is [CH2]C1(C)CC(O)CC(C)(C)C1. The summed E-state index contributed by atoms with van der Waals surface area (Å²) in [6.07, 6.45) is 2.77. The van der Waals surface area contributed by atoms with Crippen molar-refractivity contribution in [3.63, 3.8) is 0 Å². The second-order valence-electron chi connectivity index (χ2n) is 5.21. The van der Waals surface area contributed by atoms with Crippen molar-refractivity contribution in [3.8, 4) is 0 Å². The van der Waals surface area contributed by atoms with E-state index in [0.29, 0.717) is 0 Å². The van der Waals surface area contributed by atoms with Crippen molar-refractivity contribution in [2.45, 2.75) is 46.1 Å². The van der Waals surface area contributed by atoms with Gasteiger partial charge in [-0.1, -0.05) is 20.8 Å². The van der Waals surface area contributed by atoms with E-state index >= 15 is 0 Å². The third-order valence-corrected chi connectivity index (χ3v) is 2.42. The number of hydrogen-bond acceptors (Lipinski definition) is 1. The number of aliphatic hydroxyl groups excluding tert-OH is 1. The Morgan fingerprint density at radius 3 is 2.18 bits per heavy atom. The first-order chi connectivity index (χ1) is 4.81. The van der Waals surface area contributed by atoms with Gasteiger partial charge in [0, 0.05) is 0 Å². The monoisotopic (exact) mass is 155 g/mol. The molecule has 1 radical (unpaired) electrons. The van der Waals surface area contributed by atoms with Crippen LogP contribution >= 0.6 is 0 Å². The Balaban J connectivity index is 2.66. The van der Waals surface area contributed by atoms with Crippen molar-refractivity contribution in [2.75, 3.05) is 0 Å². The Hall–Kier alpha value is -0.0400. The summed E-state index contributed by atoms with van der Waals surface area (Å²) in [5.74, 6) is 0. The zero-order valence-electron chi connectivity index (χ0n) is 7.85. The normalized spacial score (nSPS) is 30.3. The minimum Gasteiger partial charge on any atom is -0.393 e. The summed E-state index contributed by atoms with van der Waals surface area (Å²) in [5.41, 5.74) is 0.356. The second kappa shape index (κ2) is 2.48. The molecule has 65 valence electrons. The first-order valence-electron chi connectivity index (χ1n) is 4.34. The van der Waals surface area contributed by atoms with Crippen LogP contribution in [0.1, 0.15) is 40.0 Å². The molecule has 1 rings (SSSR count). The zero-order valence-corrected chi connectivity index (χ0v) is 7.85. The third-order valence-electron chi connectivity index (χ3n) is 2.42. The number of rotatable bonds is 0. The lowest BCUT2D eigenvalue weighted by molar-refractivity contribution is 0.0106. The quantitative estimate of drug-likeness (QED) is 0.569. The predicted molar refractivity (Wildman–Crippen MR) is 47.1 cm³/mol. The molecule has 0 saturated heterocycles. The second-order valence-corrected chi connectivity index (χ2v) is 5.21. The molecule has 0 aromatic heterocycles. The Kier molecular flexibility index (Phi) is 2.04. The summed E-state index contributed by atoms with van der Waals surface area (Å²) >= 11 is 0. The number of aliphatic hydroxyl groups is 1. The van der Waals surface area contributed by atoms with Crippen molar-refractivity contribution in [1.29, 1.82) is 0 Å². The molecule has 0 bridgehead atoms. The third kappa shape index (κ3) is 2.48. The topological polar surface area (TPSA) is 20.2 Å². The molecule has 11 heavy (non-hydrogen) atoms. The minimum atomic E-state index is -0.138. The zero-order chi connectivity index (χ0) is 8.70. The molecule has 1 N–H and O–H groups in total. The molecule has 1 aliphatic carbocycles. The molecule has 0 spiro atoms. The van der Waals surface area contributed by atoms with Crippen LogP contribution in [0, 0.1) is 17.8 Å². The van der Waals surface area contributed by atoms with Crippen LogP contribution in [0.2, 0.25) is 0 Å². The molecule has 1 nitrogen and oxygen atoms in total. The minimum absolute atomic E-state index is 0.0845. The van der Waals surface area contributed by atoms with Crippen molar-refractivity contribution in [1.82, 2.24) is 0 Å². The van der Waals surface area contributed by atoms with Gasteiger partial charge in [-0.25, -0.2) is 0 Å². The molecule has 1 saturated carbocycles. The molecule has 1 fully saturated rings. The molecule has 2 atom stereocenters. The van der Waals surface area contributed by atoms with Crippen LogP contribution in [-0.2, 0) is 0 Å². The van der Waals surface area contributed by atoms with Gasteiger partial charge in [-0.3, -0.25) is 0 Å². The van der Waals surface area contributed by atoms with E-state index in [1.165, 1.54) is 0 Å². The smallest absolute Gasteiger partial charge is 0.0550 e. The Labute approximate surface area is 69.8 Å². The molecule has 0 aliphatic heterocycles. The summed E-state index contributed by atoms with van der Waals surface area (Å²) in [7, 11) is 0. The molecule has 1 aliphatic rings. The summed E-state index contributed by atoms with van der Waals surface area (Å²) in [4.78, 5) is 0. The lowest BCUT2D eigenvalue weighted by Crippen LogP contribution is -2.36. The molecular weight excluding hydrogens is 136 g/mol. The van der Waals surface area contributed by atoms with E-state index in [-0.39, 0.29) is 16.9 Å². The van der Waals surface area contributed by atoms with Gasteiger partial charge >= 0.3 is 0 Å². The highest BCUT2D eigenvalue weighted by Crippen LogP contribution is 2.45. The van der Waals surface area contributed by atoms with Crippen molar-refractivity contribution in [2.24, 2.45) is 10.8 Å². The fraction of sp³-hybridized carbons (Fsp3) is 0.900. The van der Waals surface area contributed by atoms with Crippen molar-refractivity contribution < 1.29 is 5.11 Å². The van der Waals surface area contributed by atoms with Crippen LogP contribution in [0.4, 0.5) is 0 Å². The maximum atomic E-state index is 9.54. The Morgan fingerprint density at radius 1 is 1.27 bits per heavy atom. The van der Waals surface area contributed by atoms with Crippen LogP contribution in [0.5, 0.6) is 0 Å². The molecule has 1 heteroatoms.